The Balaban J connectivity index is 2.49. The average molecular weight is 194 g/mol. The smallest absolute Gasteiger partial charge is 0.377 e. The molecule has 1 N–H and O–H groups in total. The number of hydrogen-bond donors (Lipinski definition) is 1. The summed E-state index contributed by atoms with van der Waals surface area (Å²) in [5, 5.41) is 8.52. The predicted octanol–water partition coefficient (Wildman–Crippen LogP) is 0.683. The first-order valence-corrected chi connectivity index (χ1v) is 3.86. The van der Waals surface area contributed by atoms with Gasteiger partial charge in [0, 0.05) is 0 Å². The normalized spacial score (nSPS) is 12.6. The van der Waals surface area contributed by atoms with E-state index in [1.807, 2.05) is 0 Å². The molecule has 0 aromatic heterocycles. The number of ether oxygens (including phenoxy) is 2. The summed E-state index contributed by atoms with van der Waals surface area (Å²) < 4.78 is 10.00. The van der Waals surface area contributed by atoms with E-state index in [0.717, 1.165) is 0 Å². The summed E-state index contributed by atoms with van der Waals surface area (Å²) in [6.45, 7) is 0.0131. The molecule has 0 bridgehead atoms. The maximum Gasteiger partial charge on any atom is 0.377 e. The van der Waals surface area contributed by atoms with Crippen LogP contribution in [0.15, 0.2) is 18.2 Å². The predicted molar refractivity (Wildman–Crippen MR) is 44.5 cm³/mol. The Bertz CT molecular complexity index is 410. The van der Waals surface area contributed by atoms with Gasteiger partial charge in [-0.25, -0.2) is 4.79 Å². The number of carboxylic acid groups (broad SMARTS) is 1. The van der Waals surface area contributed by atoms with Gasteiger partial charge in [0.1, 0.15) is 0 Å². The fraction of sp³-hybridized carbons (Fsp3) is 0.111. The second kappa shape index (κ2) is 3.02. The molecule has 14 heavy (non-hydrogen) atoms. The SMILES string of the molecule is O=C(O)C(=O)c1cccc2c1OCO2. The summed E-state index contributed by atoms with van der Waals surface area (Å²) in [7, 11) is 0. The minimum atomic E-state index is -1.51. The quantitative estimate of drug-likeness (QED) is 0.553. The summed E-state index contributed by atoms with van der Waals surface area (Å²) in [6.07, 6.45) is 0. The molecule has 5 heteroatoms. The zero-order valence-corrected chi connectivity index (χ0v) is 7.02. The van der Waals surface area contributed by atoms with Crippen molar-refractivity contribution in [3.05, 3.63) is 23.8 Å². The highest BCUT2D eigenvalue weighted by molar-refractivity contribution is 6.40. The molecule has 1 aliphatic rings. The van der Waals surface area contributed by atoms with E-state index >= 15 is 0 Å². The summed E-state index contributed by atoms with van der Waals surface area (Å²) in [5.74, 6) is -1.89. The van der Waals surface area contributed by atoms with Crippen LogP contribution >= 0.6 is 0 Å². The van der Waals surface area contributed by atoms with Gasteiger partial charge in [-0.1, -0.05) is 6.07 Å². The molecule has 0 unspecified atom stereocenters. The second-order valence-corrected chi connectivity index (χ2v) is 2.67. The van der Waals surface area contributed by atoms with Crippen molar-refractivity contribution >= 4 is 11.8 Å². The molecular weight excluding hydrogens is 188 g/mol. The maximum absolute atomic E-state index is 11.2. The van der Waals surface area contributed by atoms with E-state index in [9.17, 15) is 9.59 Å². The van der Waals surface area contributed by atoms with Crippen molar-refractivity contribution in [1.29, 1.82) is 0 Å². The average Bonchev–Trinajstić information content (AvgIpc) is 2.63. The fourth-order valence-electron chi connectivity index (χ4n) is 1.22. The van der Waals surface area contributed by atoms with Gasteiger partial charge in [0.15, 0.2) is 11.5 Å². The van der Waals surface area contributed by atoms with Gasteiger partial charge >= 0.3 is 5.97 Å². The molecule has 5 nitrogen and oxygen atoms in total. The number of fused-ring (bicyclic) bond motifs is 1. The second-order valence-electron chi connectivity index (χ2n) is 2.67. The Morgan fingerprint density at radius 1 is 1.29 bits per heavy atom. The van der Waals surface area contributed by atoms with Crippen LogP contribution in [0, 0.1) is 0 Å². The van der Waals surface area contributed by atoms with Gasteiger partial charge in [0.05, 0.1) is 5.56 Å². The van der Waals surface area contributed by atoms with Crippen LogP contribution in [0.2, 0.25) is 0 Å². The number of aliphatic carboxylic acids is 1. The van der Waals surface area contributed by atoms with E-state index in [4.69, 9.17) is 14.6 Å². The number of rotatable bonds is 2. The molecule has 0 fully saturated rings. The van der Waals surface area contributed by atoms with Crippen molar-refractivity contribution < 1.29 is 24.2 Å². The van der Waals surface area contributed by atoms with Gasteiger partial charge in [-0.05, 0) is 12.1 Å². The van der Waals surface area contributed by atoms with Crippen LogP contribution in [-0.4, -0.2) is 23.7 Å². The number of para-hydroxylation sites is 1. The third-order valence-corrected chi connectivity index (χ3v) is 1.84. The Morgan fingerprint density at radius 2 is 2.07 bits per heavy atom. The summed E-state index contributed by atoms with van der Waals surface area (Å²) in [4.78, 5) is 21.6. The molecule has 0 radical (unpaired) electrons. The van der Waals surface area contributed by atoms with E-state index in [1.165, 1.54) is 6.07 Å². The Morgan fingerprint density at radius 3 is 2.79 bits per heavy atom. The standard InChI is InChI=1S/C9H6O5/c10-7(9(11)12)5-2-1-3-6-8(5)14-4-13-6/h1-3H,4H2,(H,11,12). The zero-order valence-electron chi connectivity index (χ0n) is 7.02. The molecular formula is C9H6O5. The minimum Gasteiger partial charge on any atom is -0.475 e. The van der Waals surface area contributed by atoms with E-state index in [2.05, 4.69) is 0 Å². The van der Waals surface area contributed by atoms with Crippen molar-refractivity contribution in [2.24, 2.45) is 0 Å². The largest absolute Gasteiger partial charge is 0.475 e. The first-order chi connectivity index (χ1) is 6.70. The van der Waals surface area contributed by atoms with Crippen molar-refractivity contribution in [1.82, 2.24) is 0 Å². The number of ketones is 1. The van der Waals surface area contributed by atoms with Crippen LogP contribution in [-0.2, 0) is 4.79 Å². The van der Waals surface area contributed by atoms with Gasteiger partial charge in [0.25, 0.3) is 5.78 Å². The first-order valence-electron chi connectivity index (χ1n) is 3.86. The number of hydrogen-bond acceptors (Lipinski definition) is 4. The fourth-order valence-corrected chi connectivity index (χ4v) is 1.22. The maximum atomic E-state index is 11.2. The van der Waals surface area contributed by atoms with Gasteiger partial charge in [0.2, 0.25) is 6.79 Å². The lowest BCUT2D eigenvalue weighted by Gasteiger charge is -2.00. The summed E-state index contributed by atoms with van der Waals surface area (Å²) in [6, 6.07) is 4.55. The number of carboxylic acids is 1. The van der Waals surface area contributed by atoms with Gasteiger partial charge < -0.3 is 14.6 Å². The van der Waals surface area contributed by atoms with Crippen LogP contribution in [0.3, 0.4) is 0 Å². The number of Topliss-reactive ketones (excluding diaryl/α,β-unsaturated/α-hetero) is 1. The molecule has 0 saturated heterocycles. The van der Waals surface area contributed by atoms with Crippen LogP contribution in [0.1, 0.15) is 10.4 Å². The number of benzene rings is 1. The van der Waals surface area contributed by atoms with E-state index in [1.54, 1.807) is 12.1 Å². The highest BCUT2D eigenvalue weighted by Gasteiger charge is 2.25. The molecule has 0 amide bonds. The van der Waals surface area contributed by atoms with Gasteiger partial charge in [-0.3, -0.25) is 4.79 Å². The highest BCUT2D eigenvalue weighted by atomic mass is 16.7. The Hall–Kier alpha value is -2.04. The molecule has 1 aromatic rings. The third kappa shape index (κ3) is 1.19. The molecule has 0 aliphatic carbocycles. The molecule has 1 aliphatic heterocycles. The van der Waals surface area contributed by atoms with Crippen molar-refractivity contribution in [3.63, 3.8) is 0 Å². The summed E-state index contributed by atoms with van der Waals surface area (Å²) >= 11 is 0. The third-order valence-electron chi connectivity index (χ3n) is 1.84. The van der Waals surface area contributed by atoms with Gasteiger partial charge in [-0.15, -0.1) is 0 Å². The molecule has 0 atom stereocenters. The van der Waals surface area contributed by atoms with Crippen molar-refractivity contribution in [2.75, 3.05) is 6.79 Å². The molecule has 0 spiro atoms. The minimum absolute atomic E-state index is 0.0131. The van der Waals surface area contributed by atoms with Crippen LogP contribution in [0.5, 0.6) is 11.5 Å². The van der Waals surface area contributed by atoms with Crippen molar-refractivity contribution in [2.45, 2.75) is 0 Å². The van der Waals surface area contributed by atoms with Crippen LogP contribution < -0.4 is 9.47 Å². The van der Waals surface area contributed by atoms with Gasteiger partial charge in [-0.2, -0.15) is 0 Å². The monoisotopic (exact) mass is 194 g/mol. The van der Waals surface area contributed by atoms with E-state index < -0.39 is 11.8 Å². The lowest BCUT2D eigenvalue weighted by Crippen LogP contribution is -2.13. The van der Waals surface area contributed by atoms with E-state index in [0.29, 0.717) is 5.75 Å². The lowest BCUT2D eigenvalue weighted by molar-refractivity contribution is -0.131. The number of carbonyl (C=O) groups excluding carboxylic acids is 1. The zero-order chi connectivity index (χ0) is 10.1. The molecule has 1 heterocycles. The molecule has 72 valence electrons. The van der Waals surface area contributed by atoms with E-state index in [-0.39, 0.29) is 18.1 Å². The first kappa shape index (κ1) is 8.55. The summed E-state index contributed by atoms with van der Waals surface area (Å²) in [5.41, 5.74) is 0.0208. The Kier molecular flexibility index (Phi) is 1.85. The number of carbonyl (C=O) groups is 2. The molecule has 2 rings (SSSR count). The highest BCUT2D eigenvalue weighted by Crippen LogP contribution is 2.35. The lowest BCUT2D eigenvalue weighted by atomic mass is 10.1. The molecule has 0 saturated carbocycles. The van der Waals surface area contributed by atoms with Crippen LogP contribution in [0.4, 0.5) is 0 Å². The van der Waals surface area contributed by atoms with Crippen LogP contribution in [0.25, 0.3) is 0 Å². The Labute approximate surface area is 78.9 Å². The van der Waals surface area contributed by atoms with Crippen molar-refractivity contribution in [3.8, 4) is 11.5 Å². The topological polar surface area (TPSA) is 72.8 Å². The molecule has 1 aromatic carbocycles.